The molecule has 19 heavy (non-hydrogen) atoms. The fraction of sp³-hybridized carbons (Fsp3) is 0.0833. The van der Waals surface area contributed by atoms with E-state index in [4.69, 9.17) is 5.73 Å². The fourth-order valence-corrected chi connectivity index (χ4v) is 2.32. The third-order valence-electron chi connectivity index (χ3n) is 2.80. The van der Waals surface area contributed by atoms with Crippen LogP contribution in [0.2, 0.25) is 0 Å². The molecule has 0 saturated heterocycles. The first-order valence-electron chi connectivity index (χ1n) is 5.61. The molecule has 2 heterocycles. The molecule has 7 heteroatoms. The van der Waals surface area contributed by atoms with Gasteiger partial charge in [-0.15, -0.1) is 0 Å². The minimum absolute atomic E-state index is 0.398. The van der Waals surface area contributed by atoms with Crippen molar-refractivity contribution in [3.05, 3.63) is 34.2 Å². The first-order valence-corrected chi connectivity index (χ1v) is 6.69. The van der Waals surface area contributed by atoms with Crippen molar-refractivity contribution in [3.63, 3.8) is 0 Å². The predicted molar refractivity (Wildman–Crippen MR) is 83.3 cm³/mol. The van der Waals surface area contributed by atoms with Crippen LogP contribution in [-0.4, -0.2) is 27.0 Å². The van der Waals surface area contributed by atoms with Crippen LogP contribution in [0.25, 0.3) is 11.2 Å². The van der Waals surface area contributed by atoms with Crippen LogP contribution >= 0.6 is 22.6 Å². The minimum Gasteiger partial charge on any atom is -0.382 e. The average molecular weight is 366 g/mol. The molecule has 0 bridgehead atoms. The van der Waals surface area contributed by atoms with Crippen LogP contribution in [-0.2, 0) is 0 Å². The Balaban J connectivity index is 2.08. The number of benzene rings is 1. The number of fused-ring (bicyclic) bond motifs is 1. The summed E-state index contributed by atoms with van der Waals surface area (Å²) in [6.45, 7) is 0. The molecule has 6 nitrogen and oxygen atoms in total. The lowest BCUT2D eigenvalue weighted by Crippen LogP contribution is -2.14. The maximum atomic E-state index is 5.90. The molecule has 0 amide bonds. The molecular formula is C12H11IN6. The lowest BCUT2D eigenvalue weighted by Gasteiger charge is -2.17. The second-order valence-corrected chi connectivity index (χ2v) is 5.29. The van der Waals surface area contributed by atoms with Crippen molar-refractivity contribution in [2.75, 3.05) is 17.7 Å². The third kappa shape index (κ3) is 2.21. The Morgan fingerprint density at radius 1 is 1.32 bits per heavy atom. The smallest absolute Gasteiger partial charge is 0.233 e. The zero-order valence-electron chi connectivity index (χ0n) is 10.1. The van der Waals surface area contributed by atoms with Gasteiger partial charge in [0.15, 0.2) is 11.5 Å². The number of H-pyrrole nitrogens is 1. The molecule has 3 aromatic rings. The molecule has 1 aromatic carbocycles. The van der Waals surface area contributed by atoms with E-state index in [0.717, 1.165) is 9.26 Å². The van der Waals surface area contributed by atoms with Gasteiger partial charge in [0.1, 0.15) is 5.52 Å². The van der Waals surface area contributed by atoms with Gasteiger partial charge in [-0.2, -0.15) is 9.97 Å². The van der Waals surface area contributed by atoms with Crippen LogP contribution < -0.4 is 10.6 Å². The zero-order valence-corrected chi connectivity index (χ0v) is 12.3. The Bertz CT molecular complexity index is 738. The second-order valence-electron chi connectivity index (χ2n) is 4.05. The number of nitrogen functional groups attached to an aromatic ring is 1. The van der Waals surface area contributed by atoms with Crippen molar-refractivity contribution < 1.29 is 0 Å². The Labute approximate surface area is 123 Å². The lowest BCUT2D eigenvalue weighted by molar-refractivity contribution is 1.06. The van der Waals surface area contributed by atoms with E-state index >= 15 is 0 Å². The van der Waals surface area contributed by atoms with Crippen molar-refractivity contribution in [1.82, 2.24) is 19.9 Å². The monoisotopic (exact) mass is 366 g/mol. The summed E-state index contributed by atoms with van der Waals surface area (Å²) in [4.78, 5) is 17.6. The molecular weight excluding hydrogens is 355 g/mol. The summed E-state index contributed by atoms with van der Waals surface area (Å²) < 4.78 is 1.15. The Morgan fingerprint density at radius 3 is 2.95 bits per heavy atom. The van der Waals surface area contributed by atoms with Gasteiger partial charge in [-0.05, 0) is 40.8 Å². The normalized spacial score (nSPS) is 10.8. The van der Waals surface area contributed by atoms with Crippen LogP contribution in [0.3, 0.4) is 0 Å². The number of anilines is 3. The summed E-state index contributed by atoms with van der Waals surface area (Å²) in [7, 11) is 1.90. The molecule has 3 N–H and O–H groups in total. The molecule has 0 fully saturated rings. The molecule has 2 aromatic heterocycles. The second kappa shape index (κ2) is 4.65. The van der Waals surface area contributed by atoms with Gasteiger partial charge in [-0.1, -0.05) is 6.07 Å². The highest BCUT2D eigenvalue weighted by Gasteiger charge is 2.12. The standard InChI is InChI=1S/C12H11IN6/c1-19(8-4-2-3-7(13)5-8)12-17-10(14)9-11(18-12)16-6-15-9/h2-6H,1H3,(H3,14,15,16,17,18). The number of hydrogen-bond donors (Lipinski definition) is 2. The number of hydrogen-bond acceptors (Lipinski definition) is 5. The Kier molecular flexibility index (Phi) is 2.97. The van der Waals surface area contributed by atoms with Crippen molar-refractivity contribution in [3.8, 4) is 0 Å². The summed E-state index contributed by atoms with van der Waals surface area (Å²) in [6.07, 6.45) is 1.56. The number of aromatic nitrogens is 4. The van der Waals surface area contributed by atoms with Gasteiger partial charge < -0.3 is 15.6 Å². The summed E-state index contributed by atoms with van der Waals surface area (Å²) in [5.74, 6) is 0.925. The van der Waals surface area contributed by atoms with E-state index in [0.29, 0.717) is 22.9 Å². The Hall–Kier alpha value is -1.90. The molecule has 0 spiro atoms. The minimum atomic E-state index is 0.398. The maximum absolute atomic E-state index is 5.90. The average Bonchev–Trinajstić information content (AvgIpc) is 2.86. The summed E-state index contributed by atoms with van der Waals surface area (Å²) in [6, 6.07) is 8.07. The highest BCUT2D eigenvalue weighted by molar-refractivity contribution is 14.1. The lowest BCUT2D eigenvalue weighted by atomic mass is 10.3. The van der Waals surface area contributed by atoms with E-state index in [1.165, 1.54) is 0 Å². The third-order valence-corrected chi connectivity index (χ3v) is 3.47. The van der Waals surface area contributed by atoms with Crippen LogP contribution in [0.5, 0.6) is 0 Å². The van der Waals surface area contributed by atoms with E-state index in [2.05, 4.69) is 48.6 Å². The van der Waals surface area contributed by atoms with Crippen molar-refractivity contribution >= 4 is 51.2 Å². The van der Waals surface area contributed by atoms with E-state index in [1.807, 2.05) is 30.1 Å². The van der Waals surface area contributed by atoms with E-state index in [9.17, 15) is 0 Å². The molecule has 0 aliphatic carbocycles. The molecule has 0 unspecified atom stereocenters. The molecule has 96 valence electrons. The quantitative estimate of drug-likeness (QED) is 0.680. The largest absolute Gasteiger partial charge is 0.382 e. The first-order chi connectivity index (χ1) is 9.15. The highest BCUT2D eigenvalue weighted by atomic mass is 127. The summed E-state index contributed by atoms with van der Waals surface area (Å²) >= 11 is 2.27. The number of nitrogens with two attached hydrogens (primary N) is 1. The van der Waals surface area contributed by atoms with Gasteiger partial charge >= 0.3 is 0 Å². The highest BCUT2D eigenvalue weighted by Crippen LogP contribution is 2.24. The predicted octanol–water partition coefficient (Wildman–Crippen LogP) is 2.31. The van der Waals surface area contributed by atoms with Gasteiger partial charge in [0.25, 0.3) is 0 Å². The maximum Gasteiger partial charge on any atom is 0.233 e. The van der Waals surface area contributed by atoms with Gasteiger partial charge in [0.2, 0.25) is 5.95 Å². The number of aromatic amines is 1. The van der Waals surface area contributed by atoms with Crippen LogP contribution in [0.15, 0.2) is 30.6 Å². The number of rotatable bonds is 2. The van der Waals surface area contributed by atoms with Gasteiger partial charge in [0.05, 0.1) is 6.33 Å². The van der Waals surface area contributed by atoms with Crippen molar-refractivity contribution in [1.29, 1.82) is 0 Å². The fourth-order valence-electron chi connectivity index (χ4n) is 1.79. The van der Waals surface area contributed by atoms with E-state index in [-0.39, 0.29) is 0 Å². The van der Waals surface area contributed by atoms with Gasteiger partial charge in [-0.3, -0.25) is 0 Å². The molecule has 0 saturated carbocycles. The molecule has 0 aliphatic rings. The molecule has 3 rings (SSSR count). The number of imidazole rings is 1. The Morgan fingerprint density at radius 2 is 2.16 bits per heavy atom. The number of nitrogens with one attached hydrogen (secondary N) is 1. The van der Waals surface area contributed by atoms with Crippen molar-refractivity contribution in [2.24, 2.45) is 0 Å². The number of nitrogens with zero attached hydrogens (tertiary/aromatic N) is 4. The molecule has 0 radical (unpaired) electrons. The summed E-state index contributed by atoms with van der Waals surface area (Å²) in [5.41, 5.74) is 8.13. The van der Waals surface area contributed by atoms with Gasteiger partial charge in [-0.25, -0.2) is 4.98 Å². The van der Waals surface area contributed by atoms with Crippen LogP contribution in [0, 0.1) is 3.57 Å². The van der Waals surface area contributed by atoms with Gasteiger partial charge in [0, 0.05) is 16.3 Å². The van der Waals surface area contributed by atoms with Crippen LogP contribution in [0.4, 0.5) is 17.5 Å². The number of halogens is 1. The van der Waals surface area contributed by atoms with E-state index in [1.54, 1.807) is 6.33 Å². The molecule has 0 aliphatic heterocycles. The van der Waals surface area contributed by atoms with Crippen molar-refractivity contribution in [2.45, 2.75) is 0 Å². The summed E-state index contributed by atoms with van der Waals surface area (Å²) in [5, 5.41) is 0. The SMILES string of the molecule is CN(c1cccc(I)c1)c1nc(N)c2[nH]cnc2n1. The topological polar surface area (TPSA) is 83.7 Å². The molecule has 0 atom stereocenters. The van der Waals surface area contributed by atoms with Crippen LogP contribution in [0.1, 0.15) is 0 Å². The van der Waals surface area contributed by atoms with E-state index < -0.39 is 0 Å². The first kappa shape index (κ1) is 12.2. The zero-order chi connectivity index (χ0) is 13.4.